The summed E-state index contributed by atoms with van der Waals surface area (Å²) in [4.78, 5) is 18.5. The Kier molecular flexibility index (Phi) is 2.74. The van der Waals surface area contributed by atoms with Crippen molar-refractivity contribution in [2.24, 2.45) is 0 Å². The molecule has 0 unspecified atom stereocenters. The lowest BCUT2D eigenvalue weighted by molar-refractivity contribution is 0.0652. The second-order valence-electron chi connectivity index (χ2n) is 5.21. The van der Waals surface area contributed by atoms with Crippen LogP contribution in [0.4, 0.5) is 0 Å². The summed E-state index contributed by atoms with van der Waals surface area (Å²) in [5.74, 6) is 0.653. The first-order valence-corrected chi connectivity index (χ1v) is 7.06. The first kappa shape index (κ1) is 12.1. The zero-order valence-corrected chi connectivity index (χ0v) is 11.5. The van der Waals surface area contributed by atoms with Crippen LogP contribution < -0.4 is 0 Å². The van der Waals surface area contributed by atoms with Crippen molar-refractivity contribution in [3.8, 4) is 11.5 Å². The van der Waals surface area contributed by atoms with Crippen LogP contribution in [-0.4, -0.2) is 28.9 Å². The van der Waals surface area contributed by atoms with Gasteiger partial charge in [-0.15, -0.1) is 0 Å². The molecule has 0 atom stereocenters. The summed E-state index contributed by atoms with van der Waals surface area (Å²) in [6, 6.07) is 15.2. The fraction of sp³-hybridized carbons (Fsp3) is 0.176. The summed E-state index contributed by atoms with van der Waals surface area (Å²) in [7, 11) is 0. The van der Waals surface area contributed by atoms with Crippen molar-refractivity contribution in [3.63, 3.8) is 0 Å². The van der Waals surface area contributed by atoms with Gasteiger partial charge in [0, 0.05) is 24.2 Å². The molecule has 1 aliphatic heterocycles. The molecular formula is C17H14N2O2. The molecular weight excluding hydrogens is 264 g/mol. The van der Waals surface area contributed by atoms with Gasteiger partial charge in [-0.3, -0.25) is 4.79 Å². The van der Waals surface area contributed by atoms with E-state index < -0.39 is 0 Å². The summed E-state index contributed by atoms with van der Waals surface area (Å²) in [6.07, 6.45) is 1.09. The first-order chi connectivity index (χ1) is 10.3. The quantitative estimate of drug-likeness (QED) is 0.722. The number of hydrogen-bond donors (Lipinski definition) is 0. The molecule has 2 aromatic carbocycles. The fourth-order valence-electron chi connectivity index (χ4n) is 2.46. The summed E-state index contributed by atoms with van der Waals surface area (Å²) < 4.78 is 5.79. The highest BCUT2D eigenvalue weighted by atomic mass is 16.3. The Hall–Kier alpha value is -2.62. The second-order valence-corrected chi connectivity index (χ2v) is 5.21. The topological polar surface area (TPSA) is 46.3 Å². The largest absolute Gasteiger partial charge is 0.436 e. The number of carbonyl (C=O) groups is 1. The monoisotopic (exact) mass is 278 g/mol. The lowest BCUT2D eigenvalue weighted by atomic mass is 10.1. The smallest absolute Gasteiger partial charge is 0.253 e. The van der Waals surface area contributed by atoms with Crippen molar-refractivity contribution < 1.29 is 9.21 Å². The Morgan fingerprint density at radius 3 is 2.62 bits per heavy atom. The van der Waals surface area contributed by atoms with Crippen LogP contribution in [0.3, 0.4) is 0 Å². The van der Waals surface area contributed by atoms with E-state index in [0.717, 1.165) is 30.6 Å². The normalized spacial score (nSPS) is 14.2. The van der Waals surface area contributed by atoms with Crippen molar-refractivity contribution in [1.29, 1.82) is 0 Å². The first-order valence-electron chi connectivity index (χ1n) is 7.06. The Morgan fingerprint density at radius 2 is 1.90 bits per heavy atom. The standard InChI is InChI=1S/C17H14N2O2/c20-17(19-9-4-10-19)13-7-8-14-15(11-13)21-16(18-14)12-5-2-1-3-6-12/h1-3,5-8,11H,4,9-10H2. The van der Waals surface area contributed by atoms with Crippen molar-refractivity contribution in [2.75, 3.05) is 13.1 Å². The minimum absolute atomic E-state index is 0.0702. The number of amides is 1. The van der Waals surface area contributed by atoms with Gasteiger partial charge in [0.2, 0.25) is 5.89 Å². The summed E-state index contributed by atoms with van der Waals surface area (Å²) in [5.41, 5.74) is 3.02. The van der Waals surface area contributed by atoms with E-state index in [1.807, 2.05) is 47.4 Å². The van der Waals surface area contributed by atoms with Gasteiger partial charge in [-0.05, 0) is 36.8 Å². The fourth-order valence-corrected chi connectivity index (χ4v) is 2.46. The SMILES string of the molecule is O=C(c1ccc2nc(-c3ccccc3)oc2c1)N1CCC1. The third-order valence-electron chi connectivity index (χ3n) is 3.80. The zero-order valence-electron chi connectivity index (χ0n) is 11.5. The number of oxazole rings is 1. The van der Waals surface area contributed by atoms with E-state index in [0.29, 0.717) is 17.0 Å². The highest BCUT2D eigenvalue weighted by Crippen LogP contribution is 2.25. The minimum atomic E-state index is 0.0702. The Labute approximate surface area is 122 Å². The highest BCUT2D eigenvalue weighted by molar-refractivity contribution is 5.97. The molecule has 4 rings (SSSR count). The van der Waals surface area contributed by atoms with Gasteiger partial charge in [0.1, 0.15) is 5.52 Å². The Balaban J connectivity index is 1.73. The molecule has 3 aromatic rings. The van der Waals surface area contributed by atoms with Crippen LogP contribution >= 0.6 is 0 Å². The molecule has 0 spiro atoms. The molecule has 4 nitrogen and oxygen atoms in total. The number of rotatable bonds is 2. The van der Waals surface area contributed by atoms with E-state index in [1.165, 1.54) is 0 Å². The molecule has 1 aromatic heterocycles. The van der Waals surface area contributed by atoms with Crippen molar-refractivity contribution in [3.05, 3.63) is 54.1 Å². The van der Waals surface area contributed by atoms with Crippen molar-refractivity contribution >= 4 is 17.0 Å². The lowest BCUT2D eigenvalue weighted by Crippen LogP contribution is -2.41. The van der Waals surface area contributed by atoms with E-state index in [9.17, 15) is 4.79 Å². The molecule has 0 bridgehead atoms. The van der Waals surface area contributed by atoms with Crippen LogP contribution in [0.25, 0.3) is 22.6 Å². The van der Waals surface area contributed by atoms with Gasteiger partial charge in [0.25, 0.3) is 5.91 Å². The Morgan fingerprint density at radius 1 is 1.10 bits per heavy atom. The van der Waals surface area contributed by atoms with E-state index in [4.69, 9.17) is 4.42 Å². The summed E-state index contributed by atoms with van der Waals surface area (Å²) in [6.45, 7) is 1.70. The molecule has 1 aliphatic rings. The minimum Gasteiger partial charge on any atom is -0.436 e. The van der Waals surface area contributed by atoms with E-state index in [2.05, 4.69) is 4.98 Å². The van der Waals surface area contributed by atoms with Crippen LogP contribution in [0, 0.1) is 0 Å². The molecule has 1 amide bonds. The number of aromatic nitrogens is 1. The van der Waals surface area contributed by atoms with Crippen LogP contribution in [0.2, 0.25) is 0 Å². The maximum Gasteiger partial charge on any atom is 0.253 e. The lowest BCUT2D eigenvalue weighted by Gasteiger charge is -2.30. The van der Waals surface area contributed by atoms with Crippen LogP contribution in [0.1, 0.15) is 16.8 Å². The predicted octanol–water partition coefficient (Wildman–Crippen LogP) is 3.34. The molecule has 104 valence electrons. The van der Waals surface area contributed by atoms with Crippen LogP contribution in [0.15, 0.2) is 52.9 Å². The van der Waals surface area contributed by atoms with Crippen molar-refractivity contribution in [2.45, 2.75) is 6.42 Å². The van der Waals surface area contributed by atoms with Crippen LogP contribution in [0.5, 0.6) is 0 Å². The van der Waals surface area contributed by atoms with Gasteiger partial charge in [-0.1, -0.05) is 18.2 Å². The third kappa shape index (κ3) is 2.09. The molecule has 0 N–H and O–H groups in total. The van der Waals surface area contributed by atoms with E-state index in [-0.39, 0.29) is 5.91 Å². The number of carbonyl (C=O) groups excluding carboxylic acids is 1. The number of benzene rings is 2. The Bertz CT molecular complexity index is 804. The van der Waals surface area contributed by atoms with Gasteiger partial charge in [-0.25, -0.2) is 4.98 Å². The van der Waals surface area contributed by atoms with Gasteiger partial charge in [0.15, 0.2) is 5.58 Å². The number of likely N-dealkylation sites (tertiary alicyclic amines) is 1. The molecule has 0 saturated carbocycles. The molecule has 21 heavy (non-hydrogen) atoms. The summed E-state index contributed by atoms with van der Waals surface area (Å²) in [5, 5.41) is 0. The van der Waals surface area contributed by atoms with E-state index in [1.54, 1.807) is 6.07 Å². The maximum atomic E-state index is 12.2. The van der Waals surface area contributed by atoms with Gasteiger partial charge in [-0.2, -0.15) is 0 Å². The van der Waals surface area contributed by atoms with Gasteiger partial charge < -0.3 is 9.32 Å². The molecule has 2 heterocycles. The summed E-state index contributed by atoms with van der Waals surface area (Å²) >= 11 is 0. The number of nitrogens with zero attached hydrogens (tertiary/aromatic N) is 2. The molecule has 1 fully saturated rings. The zero-order chi connectivity index (χ0) is 14.2. The third-order valence-corrected chi connectivity index (χ3v) is 3.80. The molecule has 0 radical (unpaired) electrons. The van der Waals surface area contributed by atoms with Gasteiger partial charge in [0.05, 0.1) is 0 Å². The van der Waals surface area contributed by atoms with Crippen molar-refractivity contribution in [1.82, 2.24) is 9.88 Å². The highest BCUT2D eigenvalue weighted by Gasteiger charge is 2.22. The average Bonchev–Trinajstić information content (AvgIpc) is 2.89. The average molecular weight is 278 g/mol. The van der Waals surface area contributed by atoms with E-state index >= 15 is 0 Å². The van der Waals surface area contributed by atoms with Gasteiger partial charge >= 0.3 is 0 Å². The second kappa shape index (κ2) is 4.74. The molecule has 1 saturated heterocycles. The molecule has 0 aliphatic carbocycles. The molecule has 4 heteroatoms. The maximum absolute atomic E-state index is 12.2. The number of hydrogen-bond acceptors (Lipinski definition) is 3. The van der Waals surface area contributed by atoms with Crippen LogP contribution in [-0.2, 0) is 0 Å². The predicted molar refractivity (Wildman–Crippen MR) is 80.0 cm³/mol. The number of fused-ring (bicyclic) bond motifs is 1.